The number of hydrogen-bond acceptors (Lipinski definition) is 2. The average Bonchev–Trinajstić information content (AvgIpc) is 2.56. The van der Waals surface area contributed by atoms with Gasteiger partial charge in [0.15, 0.2) is 5.17 Å². The minimum Gasteiger partial charge on any atom is -0.359 e. The smallest absolute Gasteiger partial charge is 0.157 e. The van der Waals surface area contributed by atoms with Gasteiger partial charge in [-0.3, -0.25) is 4.99 Å². The molecule has 2 aliphatic rings. The van der Waals surface area contributed by atoms with E-state index in [1.807, 2.05) is 11.8 Å². The summed E-state index contributed by atoms with van der Waals surface area (Å²) in [6.07, 6.45) is 3.83. The molecule has 1 atom stereocenters. The second-order valence-corrected chi connectivity index (χ2v) is 7.26. The molecule has 1 saturated carbocycles. The van der Waals surface area contributed by atoms with Crippen molar-refractivity contribution in [2.75, 3.05) is 5.75 Å². The second-order valence-electron chi connectivity index (χ2n) is 6.29. The molecule has 2 rings (SSSR count). The molecular formula is C12H22N2S. The first-order chi connectivity index (χ1) is 6.86. The summed E-state index contributed by atoms with van der Waals surface area (Å²) in [7, 11) is 0. The van der Waals surface area contributed by atoms with E-state index in [0.717, 1.165) is 5.75 Å². The maximum absolute atomic E-state index is 4.83. The maximum atomic E-state index is 4.83. The Balaban J connectivity index is 1.95. The lowest BCUT2D eigenvalue weighted by atomic mass is 9.92. The number of amidine groups is 1. The van der Waals surface area contributed by atoms with Gasteiger partial charge in [-0.1, -0.05) is 25.6 Å². The third kappa shape index (κ3) is 2.90. The van der Waals surface area contributed by atoms with Crippen molar-refractivity contribution in [2.45, 2.75) is 58.5 Å². The van der Waals surface area contributed by atoms with Crippen molar-refractivity contribution in [2.24, 2.45) is 10.4 Å². The zero-order valence-electron chi connectivity index (χ0n) is 10.3. The van der Waals surface area contributed by atoms with Gasteiger partial charge in [-0.25, -0.2) is 0 Å². The molecule has 1 unspecified atom stereocenters. The molecule has 0 amide bonds. The third-order valence-corrected chi connectivity index (χ3v) is 4.60. The van der Waals surface area contributed by atoms with Gasteiger partial charge >= 0.3 is 0 Å². The van der Waals surface area contributed by atoms with Crippen LogP contribution in [0.5, 0.6) is 0 Å². The molecule has 3 heteroatoms. The first-order valence-electron chi connectivity index (χ1n) is 5.85. The molecule has 2 fully saturated rings. The van der Waals surface area contributed by atoms with Crippen molar-refractivity contribution >= 4 is 16.9 Å². The average molecular weight is 226 g/mol. The molecule has 0 aromatic carbocycles. The largest absolute Gasteiger partial charge is 0.359 e. The summed E-state index contributed by atoms with van der Waals surface area (Å²) in [4.78, 5) is 4.83. The van der Waals surface area contributed by atoms with Crippen molar-refractivity contribution in [3.05, 3.63) is 0 Å². The van der Waals surface area contributed by atoms with Gasteiger partial charge in [0, 0.05) is 11.3 Å². The lowest BCUT2D eigenvalue weighted by molar-refractivity contribution is 0.376. The first-order valence-corrected chi connectivity index (χ1v) is 6.84. The fourth-order valence-corrected chi connectivity index (χ4v) is 3.50. The van der Waals surface area contributed by atoms with Crippen molar-refractivity contribution in [3.8, 4) is 0 Å². The predicted molar refractivity (Wildman–Crippen MR) is 68.5 cm³/mol. The lowest BCUT2D eigenvalue weighted by Crippen LogP contribution is -2.37. The summed E-state index contributed by atoms with van der Waals surface area (Å²) in [5, 5.41) is 4.67. The normalized spacial score (nSPS) is 35.7. The number of aliphatic imine (C=N–C) groups is 1. The Hall–Kier alpha value is -0.180. The van der Waals surface area contributed by atoms with Crippen LogP contribution >= 0.6 is 11.8 Å². The number of nitrogens with one attached hydrogen (secondary N) is 1. The van der Waals surface area contributed by atoms with Gasteiger partial charge < -0.3 is 5.32 Å². The quantitative estimate of drug-likeness (QED) is 0.743. The van der Waals surface area contributed by atoms with Crippen LogP contribution in [0.25, 0.3) is 0 Å². The molecule has 86 valence electrons. The van der Waals surface area contributed by atoms with Gasteiger partial charge in [0.05, 0.1) is 6.04 Å². The van der Waals surface area contributed by atoms with E-state index in [1.54, 1.807) is 0 Å². The molecule has 1 aliphatic heterocycles. The zero-order chi connectivity index (χ0) is 11.1. The number of thioether (sulfide) groups is 1. The van der Waals surface area contributed by atoms with E-state index in [1.165, 1.54) is 24.4 Å². The van der Waals surface area contributed by atoms with Gasteiger partial charge in [0.2, 0.25) is 0 Å². The fraction of sp³-hybridized carbons (Fsp3) is 0.917. The van der Waals surface area contributed by atoms with Crippen molar-refractivity contribution in [1.82, 2.24) is 5.32 Å². The Morgan fingerprint density at radius 2 is 2.07 bits per heavy atom. The Kier molecular flexibility index (Phi) is 2.78. The highest BCUT2D eigenvalue weighted by Gasteiger charge is 2.33. The van der Waals surface area contributed by atoms with Crippen LogP contribution in [0.2, 0.25) is 0 Å². The topological polar surface area (TPSA) is 24.4 Å². The van der Waals surface area contributed by atoms with Crippen LogP contribution in [0.1, 0.15) is 47.0 Å². The summed E-state index contributed by atoms with van der Waals surface area (Å²) in [5.74, 6) is 1.14. The minimum atomic E-state index is 0.234. The van der Waals surface area contributed by atoms with E-state index in [0.29, 0.717) is 11.5 Å². The lowest BCUT2D eigenvalue weighted by Gasteiger charge is -2.17. The van der Waals surface area contributed by atoms with E-state index in [-0.39, 0.29) is 5.54 Å². The van der Waals surface area contributed by atoms with Crippen LogP contribution in [-0.2, 0) is 0 Å². The second kappa shape index (κ2) is 3.69. The number of nitrogens with zero attached hydrogens (tertiary/aromatic N) is 1. The Bertz CT molecular complexity index is 281. The van der Waals surface area contributed by atoms with E-state index in [2.05, 4.69) is 33.0 Å². The summed E-state index contributed by atoms with van der Waals surface area (Å²) < 4.78 is 0. The van der Waals surface area contributed by atoms with Gasteiger partial charge in [-0.05, 0) is 38.5 Å². The highest BCUT2D eigenvalue weighted by Crippen LogP contribution is 2.39. The van der Waals surface area contributed by atoms with Crippen LogP contribution in [0.3, 0.4) is 0 Å². The summed E-state index contributed by atoms with van der Waals surface area (Å²) in [5.41, 5.74) is 0.741. The van der Waals surface area contributed by atoms with Gasteiger partial charge in [0.1, 0.15) is 0 Å². The molecule has 1 saturated heterocycles. The zero-order valence-corrected chi connectivity index (χ0v) is 11.1. The van der Waals surface area contributed by atoms with E-state index in [4.69, 9.17) is 4.99 Å². The molecule has 1 heterocycles. The molecule has 0 spiro atoms. The molecule has 1 N–H and O–H groups in total. The molecule has 2 nitrogen and oxygen atoms in total. The van der Waals surface area contributed by atoms with Crippen molar-refractivity contribution in [1.29, 1.82) is 0 Å². The van der Waals surface area contributed by atoms with Crippen LogP contribution in [0.4, 0.5) is 0 Å². The van der Waals surface area contributed by atoms with Crippen molar-refractivity contribution in [3.63, 3.8) is 0 Å². The maximum Gasteiger partial charge on any atom is 0.157 e. The first kappa shape index (κ1) is 11.3. The summed E-state index contributed by atoms with van der Waals surface area (Å²) in [6, 6.07) is 0.559. The molecule has 1 aliphatic carbocycles. The monoisotopic (exact) mass is 226 g/mol. The van der Waals surface area contributed by atoms with Crippen LogP contribution in [0, 0.1) is 5.41 Å². The molecule has 0 bridgehead atoms. The van der Waals surface area contributed by atoms with E-state index >= 15 is 0 Å². The summed E-state index contributed by atoms with van der Waals surface area (Å²) in [6.45, 7) is 9.18. The molecular weight excluding hydrogens is 204 g/mol. The Labute approximate surface area is 97.3 Å². The van der Waals surface area contributed by atoms with Crippen molar-refractivity contribution < 1.29 is 0 Å². The summed E-state index contributed by atoms with van der Waals surface area (Å²) >= 11 is 1.88. The molecule has 0 radical (unpaired) electrons. The predicted octanol–water partition coefficient (Wildman–Crippen LogP) is 3.04. The fourth-order valence-electron chi connectivity index (χ4n) is 2.36. The highest BCUT2D eigenvalue weighted by atomic mass is 32.2. The van der Waals surface area contributed by atoms with Gasteiger partial charge in [-0.15, -0.1) is 0 Å². The number of rotatable bonds is 1. The number of hydrogen-bond donors (Lipinski definition) is 1. The molecule has 0 aromatic heterocycles. The van der Waals surface area contributed by atoms with Gasteiger partial charge in [0.25, 0.3) is 0 Å². The van der Waals surface area contributed by atoms with Crippen LogP contribution in [-0.4, -0.2) is 22.5 Å². The van der Waals surface area contributed by atoms with Crippen LogP contribution < -0.4 is 5.32 Å². The van der Waals surface area contributed by atoms with Gasteiger partial charge in [-0.2, -0.15) is 0 Å². The minimum absolute atomic E-state index is 0.234. The molecule has 15 heavy (non-hydrogen) atoms. The SMILES string of the molecule is CC1(C)CCC(N=C2NC(C)(C)CS2)C1. The third-order valence-electron chi connectivity index (χ3n) is 3.26. The van der Waals surface area contributed by atoms with E-state index < -0.39 is 0 Å². The Morgan fingerprint density at radius 1 is 1.33 bits per heavy atom. The standard InChI is InChI=1S/C12H22N2S/c1-11(2)6-5-9(7-11)13-10-14-12(3,4)8-15-10/h9H,5-8H2,1-4H3,(H,13,14). The molecule has 0 aromatic rings. The highest BCUT2D eigenvalue weighted by molar-refractivity contribution is 8.14. The van der Waals surface area contributed by atoms with Crippen LogP contribution in [0.15, 0.2) is 4.99 Å². The van der Waals surface area contributed by atoms with E-state index in [9.17, 15) is 0 Å². The Morgan fingerprint density at radius 3 is 2.53 bits per heavy atom.